The minimum atomic E-state index is -4.68. The summed E-state index contributed by atoms with van der Waals surface area (Å²) < 4.78 is 47.5. The standard InChI is InChI=1S/C20H21F3N4O3/c1-4-26-11-14-15(20(21,22)23)10-18(29)27(19(14)25-26)8-7-17(28)24-16-6-5-13(30-3)9-12(16)2/h5-6,9-11H,4,7-8H2,1-3H3,(H,24,28). The van der Waals surface area contributed by atoms with E-state index in [1.807, 2.05) is 0 Å². The van der Waals surface area contributed by atoms with Gasteiger partial charge < -0.3 is 10.1 Å². The highest BCUT2D eigenvalue weighted by Crippen LogP contribution is 2.33. The number of benzene rings is 1. The zero-order chi connectivity index (χ0) is 22.1. The predicted molar refractivity (Wildman–Crippen MR) is 106 cm³/mol. The smallest absolute Gasteiger partial charge is 0.417 e. The summed E-state index contributed by atoms with van der Waals surface area (Å²) in [6, 6.07) is 5.70. The summed E-state index contributed by atoms with van der Waals surface area (Å²) in [6.07, 6.45) is -3.53. The van der Waals surface area contributed by atoms with Gasteiger partial charge in [0.25, 0.3) is 5.56 Å². The maximum absolute atomic E-state index is 13.3. The molecular weight excluding hydrogens is 401 g/mol. The number of nitrogens with zero attached hydrogens (tertiary/aromatic N) is 3. The summed E-state index contributed by atoms with van der Waals surface area (Å²) in [5.41, 5.74) is -0.606. The van der Waals surface area contributed by atoms with Gasteiger partial charge in [-0.05, 0) is 37.6 Å². The van der Waals surface area contributed by atoms with Crippen LogP contribution in [0.1, 0.15) is 24.5 Å². The second kappa shape index (κ2) is 8.21. The first-order valence-corrected chi connectivity index (χ1v) is 9.26. The predicted octanol–water partition coefficient (Wildman–Crippen LogP) is 3.58. The Kier molecular flexibility index (Phi) is 5.86. The Hall–Kier alpha value is -3.30. The van der Waals surface area contributed by atoms with Crippen LogP contribution in [0.5, 0.6) is 5.75 Å². The lowest BCUT2D eigenvalue weighted by molar-refractivity contribution is -0.136. The van der Waals surface area contributed by atoms with E-state index >= 15 is 0 Å². The number of aromatic nitrogens is 3. The lowest BCUT2D eigenvalue weighted by Gasteiger charge is -2.12. The van der Waals surface area contributed by atoms with Crippen molar-refractivity contribution in [1.82, 2.24) is 14.3 Å². The number of carbonyl (C=O) groups is 1. The molecule has 1 N–H and O–H groups in total. The molecule has 1 aromatic carbocycles. The lowest BCUT2D eigenvalue weighted by Crippen LogP contribution is -2.25. The third kappa shape index (κ3) is 4.32. The minimum Gasteiger partial charge on any atom is -0.497 e. The average molecular weight is 422 g/mol. The summed E-state index contributed by atoms with van der Waals surface area (Å²) in [7, 11) is 1.54. The second-order valence-corrected chi connectivity index (χ2v) is 6.75. The molecule has 0 saturated carbocycles. The van der Waals surface area contributed by atoms with E-state index in [1.165, 1.54) is 18.0 Å². The molecule has 7 nitrogen and oxygen atoms in total. The van der Waals surface area contributed by atoms with Gasteiger partial charge in [-0.2, -0.15) is 18.3 Å². The number of rotatable bonds is 6. The number of fused-ring (bicyclic) bond motifs is 1. The fraction of sp³-hybridized carbons (Fsp3) is 0.350. The van der Waals surface area contributed by atoms with E-state index < -0.39 is 17.3 Å². The van der Waals surface area contributed by atoms with Crippen molar-refractivity contribution in [2.45, 2.75) is 39.5 Å². The van der Waals surface area contributed by atoms with Crippen molar-refractivity contribution >= 4 is 22.6 Å². The molecule has 30 heavy (non-hydrogen) atoms. The van der Waals surface area contributed by atoms with Gasteiger partial charge in [-0.1, -0.05) is 0 Å². The van der Waals surface area contributed by atoms with Crippen LogP contribution in [0.15, 0.2) is 35.3 Å². The molecule has 0 unspecified atom stereocenters. The van der Waals surface area contributed by atoms with E-state index in [9.17, 15) is 22.8 Å². The minimum absolute atomic E-state index is 0.0925. The van der Waals surface area contributed by atoms with Crippen LogP contribution in [0, 0.1) is 6.92 Å². The molecule has 160 valence electrons. The molecule has 0 aliphatic heterocycles. The third-order valence-corrected chi connectivity index (χ3v) is 4.72. The van der Waals surface area contributed by atoms with Gasteiger partial charge in [-0.25, -0.2) is 0 Å². The van der Waals surface area contributed by atoms with E-state index in [0.717, 1.165) is 10.1 Å². The molecule has 3 rings (SSSR count). The monoisotopic (exact) mass is 422 g/mol. The lowest BCUT2D eigenvalue weighted by atomic mass is 10.1. The van der Waals surface area contributed by atoms with E-state index in [4.69, 9.17) is 4.74 Å². The van der Waals surface area contributed by atoms with Crippen LogP contribution in [0.3, 0.4) is 0 Å². The number of carbonyl (C=O) groups excluding carboxylic acids is 1. The number of methoxy groups -OCH3 is 1. The van der Waals surface area contributed by atoms with Gasteiger partial charge in [0, 0.05) is 42.8 Å². The quantitative estimate of drug-likeness (QED) is 0.659. The number of pyridine rings is 1. The Balaban J connectivity index is 1.85. The Bertz CT molecular complexity index is 1150. The molecule has 0 spiro atoms. The van der Waals surface area contributed by atoms with E-state index in [0.29, 0.717) is 24.0 Å². The van der Waals surface area contributed by atoms with Gasteiger partial charge >= 0.3 is 6.18 Å². The number of ether oxygens (including phenoxy) is 1. The Labute approximate surface area is 170 Å². The zero-order valence-corrected chi connectivity index (χ0v) is 16.7. The molecule has 0 fully saturated rings. The largest absolute Gasteiger partial charge is 0.497 e. The number of anilines is 1. The number of hydrogen-bond donors (Lipinski definition) is 1. The van der Waals surface area contributed by atoms with Crippen LogP contribution in [0.4, 0.5) is 18.9 Å². The van der Waals surface area contributed by atoms with Gasteiger partial charge in [-0.15, -0.1) is 0 Å². The second-order valence-electron chi connectivity index (χ2n) is 6.75. The van der Waals surface area contributed by atoms with Gasteiger partial charge in [0.2, 0.25) is 5.91 Å². The van der Waals surface area contributed by atoms with Crippen LogP contribution in [0.2, 0.25) is 0 Å². The molecule has 3 aromatic rings. The van der Waals surface area contributed by atoms with Crippen molar-refractivity contribution < 1.29 is 22.7 Å². The van der Waals surface area contributed by atoms with Crippen molar-refractivity contribution in [3.63, 3.8) is 0 Å². The summed E-state index contributed by atoms with van der Waals surface area (Å²) >= 11 is 0. The third-order valence-electron chi connectivity index (χ3n) is 4.72. The molecule has 0 aliphatic carbocycles. The number of hydrogen-bond acceptors (Lipinski definition) is 4. The normalized spacial score (nSPS) is 11.7. The summed E-state index contributed by atoms with van der Waals surface area (Å²) in [5, 5.41) is 6.66. The summed E-state index contributed by atoms with van der Waals surface area (Å²) in [4.78, 5) is 24.7. The highest BCUT2D eigenvalue weighted by molar-refractivity contribution is 5.91. The first-order chi connectivity index (χ1) is 14.1. The van der Waals surface area contributed by atoms with Crippen molar-refractivity contribution in [3.8, 4) is 5.75 Å². The van der Waals surface area contributed by atoms with Crippen molar-refractivity contribution in [1.29, 1.82) is 0 Å². The molecule has 0 bridgehead atoms. The van der Waals surface area contributed by atoms with Gasteiger partial charge in [0.1, 0.15) is 5.75 Å². The Morgan fingerprint density at radius 1 is 1.27 bits per heavy atom. The van der Waals surface area contributed by atoms with E-state index in [1.54, 1.807) is 32.0 Å². The molecule has 0 atom stereocenters. The number of alkyl halides is 3. The Morgan fingerprint density at radius 2 is 2.00 bits per heavy atom. The first kappa shape index (κ1) is 21.4. The first-order valence-electron chi connectivity index (χ1n) is 9.26. The van der Waals surface area contributed by atoms with Crippen LogP contribution >= 0.6 is 0 Å². The topological polar surface area (TPSA) is 78.2 Å². The van der Waals surface area contributed by atoms with E-state index in [2.05, 4.69) is 10.4 Å². The molecule has 2 heterocycles. The van der Waals surface area contributed by atoms with Crippen LogP contribution in [-0.4, -0.2) is 27.4 Å². The average Bonchev–Trinajstić information content (AvgIpc) is 3.11. The molecule has 2 aromatic heterocycles. The van der Waals surface area contributed by atoms with E-state index in [-0.39, 0.29) is 29.9 Å². The molecule has 1 amide bonds. The molecule has 10 heteroatoms. The van der Waals surface area contributed by atoms with Crippen LogP contribution in [-0.2, 0) is 24.1 Å². The molecular formula is C20H21F3N4O3. The highest BCUT2D eigenvalue weighted by Gasteiger charge is 2.35. The zero-order valence-electron chi connectivity index (χ0n) is 16.7. The Morgan fingerprint density at radius 3 is 2.60 bits per heavy atom. The van der Waals surface area contributed by atoms with Crippen molar-refractivity contribution in [2.24, 2.45) is 0 Å². The van der Waals surface area contributed by atoms with Crippen molar-refractivity contribution in [2.75, 3.05) is 12.4 Å². The fourth-order valence-corrected chi connectivity index (χ4v) is 3.13. The molecule has 0 saturated heterocycles. The van der Waals surface area contributed by atoms with Crippen LogP contribution in [0.25, 0.3) is 11.0 Å². The number of amides is 1. The van der Waals surface area contributed by atoms with Crippen LogP contribution < -0.4 is 15.6 Å². The van der Waals surface area contributed by atoms with Crippen molar-refractivity contribution in [3.05, 3.63) is 51.9 Å². The van der Waals surface area contributed by atoms with Gasteiger partial charge in [0.15, 0.2) is 5.65 Å². The molecule has 0 aliphatic rings. The number of nitrogens with one attached hydrogen (secondary N) is 1. The maximum Gasteiger partial charge on any atom is 0.417 e. The molecule has 0 radical (unpaired) electrons. The maximum atomic E-state index is 13.3. The summed E-state index contributed by atoms with van der Waals surface area (Å²) in [5.74, 6) is 0.272. The van der Waals surface area contributed by atoms with Gasteiger partial charge in [0.05, 0.1) is 12.7 Å². The number of aryl methyl sites for hydroxylation is 3. The van der Waals surface area contributed by atoms with Gasteiger partial charge in [-0.3, -0.25) is 18.8 Å². The number of halogens is 3. The SMILES string of the molecule is CCn1cc2c(C(F)(F)F)cc(=O)n(CCC(=O)Nc3ccc(OC)cc3C)c2n1. The fourth-order valence-electron chi connectivity index (χ4n) is 3.13. The highest BCUT2D eigenvalue weighted by atomic mass is 19.4. The summed E-state index contributed by atoms with van der Waals surface area (Å²) in [6.45, 7) is 3.78.